The lowest BCUT2D eigenvalue weighted by Crippen LogP contribution is -2.01. The second-order valence-electron chi connectivity index (χ2n) is 17.3. The van der Waals surface area contributed by atoms with E-state index in [1.54, 1.807) is 0 Å². The van der Waals surface area contributed by atoms with E-state index in [0.717, 1.165) is 61.4 Å². The summed E-state index contributed by atoms with van der Waals surface area (Å²) in [6.07, 6.45) is 0. The van der Waals surface area contributed by atoms with Gasteiger partial charge in [-0.3, -0.25) is 0 Å². The standard InChI is InChI=1S/C63H41N5/c1-5-17-42(18-6-1)48-37-49(43-19-7-2-8-20-43)39-50(38-48)63-65-61(44-21-9-3-10-22-44)64-62(66-63)45-29-33-52(34-30-45)68-58-28-16-14-26-54(58)56-41-47(32-36-60(56)68)46-31-35-59-55(40-46)53-25-13-15-27-57(53)67(59)51-23-11-4-12-24-51/h1-41H. The predicted octanol–water partition coefficient (Wildman–Crippen LogP) is 16.1. The molecule has 68 heavy (non-hydrogen) atoms. The number of benzene rings is 10. The third-order valence-corrected chi connectivity index (χ3v) is 13.1. The van der Waals surface area contributed by atoms with Crippen LogP contribution in [-0.4, -0.2) is 24.1 Å². The highest BCUT2D eigenvalue weighted by Crippen LogP contribution is 2.39. The highest BCUT2D eigenvalue weighted by Gasteiger charge is 2.18. The summed E-state index contributed by atoms with van der Waals surface area (Å²) in [6, 6.07) is 88.2. The zero-order valence-electron chi connectivity index (χ0n) is 36.9. The number of rotatable bonds is 8. The van der Waals surface area contributed by atoms with Gasteiger partial charge in [0.25, 0.3) is 0 Å². The lowest BCUT2D eigenvalue weighted by molar-refractivity contribution is 1.07. The Morgan fingerprint density at radius 3 is 1.03 bits per heavy atom. The fraction of sp³-hybridized carbons (Fsp3) is 0. The first-order valence-electron chi connectivity index (χ1n) is 23.0. The van der Waals surface area contributed by atoms with E-state index in [1.165, 1.54) is 43.7 Å². The van der Waals surface area contributed by atoms with Crippen LogP contribution in [0.5, 0.6) is 0 Å². The van der Waals surface area contributed by atoms with E-state index in [-0.39, 0.29) is 0 Å². The fourth-order valence-electron chi connectivity index (χ4n) is 9.90. The van der Waals surface area contributed by atoms with Crippen LogP contribution >= 0.6 is 0 Å². The fourth-order valence-corrected chi connectivity index (χ4v) is 9.90. The van der Waals surface area contributed by atoms with E-state index in [9.17, 15) is 0 Å². The van der Waals surface area contributed by atoms with Gasteiger partial charge in [0.05, 0.1) is 22.1 Å². The van der Waals surface area contributed by atoms with Crippen molar-refractivity contribution in [3.63, 3.8) is 0 Å². The van der Waals surface area contributed by atoms with Gasteiger partial charge in [0.15, 0.2) is 17.5 Å². The van der Waals surface area contributed by atoms with Crippen molar-refractivity contribution in [2.45, 2.75) is 0 Å². The maximum absolute atomic E-state index is 5.22. The molecular weight excluding hydrogens is 827 g/mol. The molecule has 0 spiro atoms. The molecule has 13 aromatic rings. The first-order valence-corrected chi connectivity index (χ1v) is 23.0. The maximum Gasteiger partial charge on any atom is 0.164 e. The van der Waals surface area contributed by atoms with E-state index in [4.69, 9.17) is 15.0 Å². The van der Waals surface area contributed by atoms with Crippen LogP contribution in [0, 0.1) is 0 Å². The van der Waals surface area contributed by atoms with Gasteiger partial charge >= 0.3 is 0 Å². The molecule has 0 N–H and O–H groups in total. The number of nitrogens with zero attached hydrogens (tertiary/aromatic N) is 5. The van der Waals surface area contributed by atoms with Crippen molar-refractivity contribution >= 4 is 43.6 Å². The number of hydrogen-bond donors (Lipinski definition) is 0. The van der Waals surface area contributed by atoms with Gasteiger partial charge in [-0.05, 0) is 124 Å². The molecule has 0 saturated heterocycles. The van der Waals surface area contributed by atoms with E-state index < -0.39 is 0 Å². The van der Waals surface area contributed by atoms with Gasteiger partial charge in [-0.1, -0.05) is 158 Å². The Hall–Kier alpha value is -9.19. The maximum atomic E-state index is 5.22. The highest BCUT2D eigenvalue weighted by molar-refractivity contribution is 6.12. The van der Waals surface area contributed by atoms with Crippen molar-refractivity contribution < 1.29 is 0 Å². The summed E-state index contributed by atoms with van der Waals surface area (Å²) in [5, 5.41) is 4.89. The summed E-state index contributed by atoms with van der Waals surface area (Å²) in [6.45, 7) is 0. The minimum absolute atomic E-state index is 0.613. The molecular formula is C63H41N5. The summed E-state index contributed by atoms with van der Waals surface area (Å²) in [5.74, 6) is 1.86. The number of fused-ring (bicyclic) bond motifs is 6. The molecule has 3 aromatic heterocycles. The molecule has 0 amide bonds. The zero-order valence-corrected chi connectivity index (χ0v) is 36.9. The lowest BCUT2D eigenvalue weighted by Gasteiger charge is -2.13. The Balaban J connectivity index is 0.907. The Bertz CT molecular complexity index is 3930. The second kappa shape index (κ2) is 16.4. The molecule has 0 aliphatic heterocycles. The van der Waals surface area contributed by atoms with E-state index in [2.05, 4.69) is 228 Å². The van der Waals surface area contributed by atoms with E-state index in [1.807, 2.05) is 30.3 Å². The molecule has 0 aliphatic rings. The highest BCUT2D eigenvalue weighted by atomic mass is 15.0. The van der Waals surface area contributed by atoms with E-state index >= 15 is 0 Å². The largest absolute Gasteiger partial charge is 0.309 e. The van der Waals surface area contributed by atoms with Crippen molar-refractivity contribution in [2.75, 3.05) is 0 Å². The quantitative estimate of drug-likeness (QED) is 0.153. The molecule has 0 atom stereocenters. The molecule has 0 aliphatic carbocycles. The van der Waals surface area contributed by atoms with Gasteiger partial charge in [-0.25, -0.2) is 15.0 Å². The third kappa shape index (κ3) is 6.84. The van der Waals surface area contributed by atoms with Gasteiger partial charge < -0.3 is 9.13 Å². The van der Waals surface area contributed by atoms with Gasteiger partial charge in [0.2, 0.25) is 0 Å². The summed E-state index contributed by atoms with van der Waals surface area (Å²) in [7, 11) is 0. The first kappa shape index (κ1) is 39.2. The van der Waals surface area contributed by atoms with Crippen molar-refractivity contribution in [1.82, 2.24) is 24.1 Å². The number of hydrogen-bond acceptors (Lipinski definition) is 3. The lowest BCUT2D eigenvalue weighted by atomic mass is 9.96. The van der Waals surface area contributed by atoms with Crippen LogP contribution in [-0.2, 0) is 0 Å². The SMILES string of the molecule is c1ccc(-c2cc(-c3ccccc3)cc(-c3nc(-c4ccccc4)nc(-c4ccc(-n5c6ccccc6c6cc(-c7ccc8c(c7)c7ccccc7n8-c7ccccc7)ccc65)cc4)n3)c2)cc1. The monoisotopic (exact) mass is 867 g/mol. The van der Waals surface area contributed by atoms with Crippen molar-refractivity contribution in [2.24, 2.45) is 0 Å². The Kier molecular flexibility index (Phi) is 9.43. The van der Waals surface area contributed by atoms with E-state index in [0.29, 0.717) is 17.5 Å². The van der Waals surface area contributed by atoms with Gasteiger partial charge in [-0.2, -0.15) is 0 Å². The van der Waals surface area contributed by atoms with Crippen LogP contribution in [0.4, 0.5) is 0 Å². The number of para-hydroxylation sites is 3. The second-order valence-corrected chi connectivity index (χ2v) is 17.3. The van der Waals surface area contributed by atoms with Crippen LogP contribution in [0.3, 0.4) is 0 Å². The minimum Gasteiger partial charge on any atom is -0.309 e. The molecule has 0 fully saturated rings. The van der Waals surface area contributed by atoms with Crippen LogP contribution in [0.15, 0.2) is 249 Å². The predicted molar refractivity (Wildman–Crippen MR) is 281 cm³/mol. The molecule has 5 heteroatoms. The van der Waals surface area contributed by atoms with Crippen LogP contribution in [0.25, 0.3) is 123 Å². The Labute approximate surface area is 393 Å². The molecule has 0 bridgehead atoms. The molecule has 10 aromatic carbocycles. The van der Waals surface area contributed by atoms with Crippen molar-refractivity contribution in [1.29, 1.82) is 0 Å². The topological polar surface area (TPSA) is 48.5 Å². The van der Waals surface area contributed by atoms with Gasteiger partial charge in [0, 0.05) is 49.6 Å². The van der Waals surface area contributed by atoms with Gasteiger partial charge in [-0.15, -0.1) is 0 Å². The molecule has 318 valence electrons. The smallest absolute Gasteiger partial charge is 0.164 e. The van der Waals surface area contributed by atoms with Crippen LogP contribution in [0.2, 0.25) is 0 Å². The molecule has 5 nitrogen and oxygen atoms in total. The molecule has 0 unspecified atom stereocenters. The van der Waals surface area contributed by atoms with Crippen LogP contribution < -0.4 is 0 Å². The minimum atomic E-state index is 0.613. The summed E-state index contributed by atoms with van der Waals surface area (Å²) in [4.78, 5) is 15.5. The first-order chi connectivity index (χ1) is 33.7. The molecule has 3 heterocycles. The Morgan fingerprint density at radius 1 is 0.206 bits per heavy atom. The molecule has 0 saturated carbocycles. The summed E-state index contributed by atoms with van der Waals surface area (Å²) >= 11 is 0. The third-order valence-electron chi connectivity index (χ3n) is 13.1. The average Bonchev–Trinajstić information content (AvgIpc) is 3.94. The van der Waals surface area contributed by atoms with Crippen molar-refractivity contribution in [3.05, 3.63) is 249 Å². The molecule has 13 rings (SSSR count). The number of aromatic nitrogens is 5. The Morgan fingerprint density at radius 2 is 0.544 bits per heavy atom. The van der Waals surface area contributed by atoms with Gasteiger partial charge in [0.1, 0.15) is 0 Å². The van der Waals surface area contributed by atoms with Crippen LogP contribution in [0.1, 0.15) is 0 Å². The summed E-state index contributed by atoms with van der Waals surface area (Å²) in [5.41, 5.74) is 16.5. The zero-order chi connectivity index (χ0) is 45.0. The molecule has 0 radical (unpaired) electrons. The van der Waals surface area contributed by atoms with Crippen molar-refractivity contribution in [3.8, 4) is 78.9 Å². The normalized spacial score (nSPS) is 11.5. The average molecular weight is 868 g/mol. The summed E-state index contributed by atoms with van der Waals surface area (Å²) < 4.78 is 4.73.